The minimum absolute atomic E-state index is 0.0345. The Morgan fingerprint density at radius 3 is 2.37 bits per heavy atom. The van der Waals surface area contributed by atoms with Crippen LogP contribution >= 0.6 is 0 Å². The first-order valence-electron chi connectivity index (χ1n) is 10.0. The number of halogens is 3. The van der Waals surface area contributed by atoms with E-state index in [4.69, 9.17) is 0 Å². The average molecular weight is 444 g/mol. The Labute approximate surface area is 172 Å². The third kappa shape index (κ3) is 3.45. The van der Waals surface area contributed by atoms with Crippen LogP contribution in [0.4, 0.5) is 18.0 Å². The van der Waals surface area contributed by atoms with Crippen molar-refractivity contribution in [3.05, 3.63) is 29.6 Å². The lowest BCUT2D eigenvalue weighted by molar-refractivity contribution is -0.141. The zero-order chi connectivity index (χ0) is 21.4. The van der Waals surface area contributed by atoms with Gasteiger partial charge in [-0.15, -0.1) is 0 Å². The minimum atomic E-state index is -4.42. The summed E-state index contributed by atoms with van der Waals surface area (Å²) in [5.41, 5.74) is -0.395. The van der Waals surface area contributed by atoms with Gasteiger partial charge < -0.3 is 9.80 Å². The van der Waals surface area contributed by atoms with Crippen LogP contribution < -0.4 is 4.72 Å². The number of alkyl halides is 3. The molecule has 1 aromatic rings. The highest BCUT2D eigenvalue weighted by molar-refractivity contribution is 7.89. The zero-order valence-corrected chi connectivity index (χ0v) is 17.1. The Hall–Kier alpha value is -1.88. The van der Waals surface area contributed by atoms with Crippen molar-refractivity contribution in [1.82, 2.24) is 19.5 Å². The van der Waals surface area contributed by atoms with Crippen LogP contribution in [0.15, 0.2) is 18.3 Å². The SMILES string of the molecule is O=C(N1CC2(CC(Cc3ccc(C(F)(F)F)nc3)C2)C1)N1CC2(CCS(=O)(=O)N2)C1. The fraction of sp³-hybridized carbons (Fsp3) is 0.684. The fourth-order valence-corrected chi connectivity index (χ4v) is 7.17. The normalized spacial score (nSPS) is 26.4. The van der Waals surface area contributed by atoms with E-state index in [1.54, 1.807) is 4.90 Å². The van der Waals surface area contributed by atoms with Gasteiger partial charge in [-0.05, 0) is 43.2 Å². The molecule has 30 heavy (non-hydrogen) atoms. The minimum Gasteiger partial charge on any atom is -0.323 e. The molecule has 11 heteroatoms. The van der Waals surface area contributed by atoms with E-state index in [2.05, 4.69) is 9.71 Å². The first kappa shape index (κ1) is 20.0. The summed E-state index contributed by atoms with van der Waals surface area (Å²) in [4.78, 5) is 19.6. The summed E-state index contributed by atoms with van der Waals surface area (Å²) in [5.74, 6) is 0.526. The Bertz CT molecular complexity index is 960. The number of hydrogen-bond donors (Lipinski definition) is 1. The van der Waals surface area contributed by atoms with Gasteiger partial charge >= 0.3 is 12.2 Å². The quantitative estimate of drug-likeness (QED) is 0.755. The molecule has 3 aliphatic heterocycles. The molecule has 0 aromatic carbocycles. The first-order chi connectivity index (χ1) is 14.0. The van der Waals surface area contributed by atoms with Crippen molar-refractivity contribution >= 4 is 16.1 Å². The molecule has 5 rings (SSSR count). The van der Waals surface area contributed by atoms with Crippen LogP contribution in [0.25, 0.3) is 0 Å². The van der Waals surface area contributed by atoms with Crippen molar-refractivity contribution in [1.29, 1.82) is 0 Å². The molecular formula is C19H23F3N4O3S. The third-order valence-corrected chi connectivity index (χ3v) is 8.37. The van der Waals surface area contributed by atoms with Crippen LogP contribution in [0.2, 0.25) is 0 Å². The van der Waals surface area contributed by atoms with E-state index in [-0.39, 0.29) is 17.2 Å². The third-order valence-electron chi connectivity index (χ3n) is 6.88. The molecule has 1 aromatic heterocycles. The second-order valence-electron chi connectivity index (χ2n) is 9.47. The largest absolute Gasteiger partial charge is 0.433 e. The van der Waals surface area contributed by atoms with Crippen molar-refractivity contribution in [2.24, 2.45) is 11.3 Å². The lowest BCUT2D eigenvalue weighted by atomic mass is 9.56. The Kier molecular flexibility index (Phi) is 4.22. The predicted molar refractivity (Wildman–Crippen MR) is 101 cm³/mol. The van der Waals surface area contributed by atoms with E-state index in [0.717, 1.165) is 24.5 Å². The maximum Gasteiger partial charge on any atom is 0.433 e. The standard InChI is InChI=1S/C19H23F3N4O3S/c20-19(21,22)15-2-1-13(8-23-15)5-14-6-17(7-14)9-25(10-17)16(27)26-11-18(12-26)3-4-30(28,29)24-18/h1-2,8,14,24H,3-7,9-12H2. The number of carbonyl (C=O) groups is 1. The van der Waals surface area contributed by atoms with E-state index in [1.165, 1.54) is 12.3 Å². The monoisotopic (exact) mass is 444 g/mol. The number of pyridine rings is 1. The van der Waals surface area contributed by atoms with Gasteiger partial charge in [-0.2, -0.15) is 13.2 Å². The van der Waals surface area contributed by atoms with E-state index in [1.807, 2.05) is 4.90 Å². The van der Waals surface area contributed by atoms with E-state index in [9.17, 15) is 26.4 Å². The van der Waals surface area contributed by atoms with Crippen LogP contribution in [0.3, 0.4) is 0 Å². The number of aromatic nitrogens is 1. The van der Waals surface area contributed by atoms with Crippen LogP contribution in [0.5, 0.6) is 0 Å². The zero-order valence-electron chi connectivity index (χ0n) is 16.3. The van der Waals surface area contributed by atoms with Gasteiger partial charge in [0.2, 0.25) is 10.0 Å². The van der Waals surface area contributed by atoms with E-state index < -0.39 is 27.4 Å². The van der Waals surface area contributed by atoms with Gasteiger partial charge in [0, 0.05) is 37.8 Å². The second-order valence-corrected chi connectivity index (χ2v) is 11.3. The van der Waals surface area contributed by atoms with Crippen molar-refractivity contribution in [3.8, 4) is 0 Å². The van der Waals surface area contributed by atoms with Crippen LogP contribution in [0, 0.1) is 11.3 Å². The molecule has 1 aliphatic carbocycles. The highest BCUT2D eigenvalue weighted by Crippen LogP contribution is 2.53. The Balaban J connectivity index is 1.07. The lowest BCUT2D eigenvalue weighted by Crippen LogP contribution is -2.73. The number of nitrogens with one attached hydrogen (secondary N) is 1. The smallest absolute Gasteiger partial charge is 0.323 e. The summed E-state index contributed by atoms with van der Waals surface area (Å²) in [6, 6.07) is 2.49. The van der Waals surface area contributed by atoms with Crippen molar-refractivity contribution in [3.63, 3.8) is 0 Å². The van der Waals surface area contributed by atoms with Gasteiger partial charge in [-0.3, -0.25) is 4.98 Å². The summed E-state index contributed by atoms with van der Waals surface area (Å²) in [5, 5.41) is 0. The molecule has 0 bridgehead atoms. The van der Waals surface area contributed by atoms with Gasteiger partial charge in [-0.25, -0.2) is 17.9 Å². The molecular weight excluding hydrogens is 421 g/mol. The van der Waals surface area contributed by atoms with Crippen LogP contribution in [0.1, 0.15) is 30.5 Å². The number of likely N-dealkylation sites (tertiary alicyclic amines) is 2. The number of nitrogens with zero attached hydrogens (tertiary/aromatic N) is 3. The van der Waals surface area contributed by atoms with Gasteiger partial charge in [0.25, 0.3) is 0 Å². The average Bonchev–Trinajstić information content (AvgIpc) is 2.89. The summed E-state index contributed by atoms with van der Waals surface area (Å²) >= 11 is 0. The Morgan fingerprint density at radius 2 is 1.83 bits per heavy atom. The van der Waals surface area contributed by atoms with E-state index in [0.29, 0.717) is 44.9 Å². The molecule has 3 saturated heterocycles. The van der Waals surface area contributed by atoms with Crippen molar-refractivity contribution < 1.29 is 26.4 Å². The van der Waals surface area contributed by atoms with E-state index >= 15 is 0 Å². The number of amides is 2. The first-order valence-corrected chi connectivity index (χ1v) is 11.7. The molecule has 4 fully saturated rings. The predicted octanol–water partition coefficient (Wildman–Crippen LogP) is 1.85. The molecule has 7 nitrogen and oxygen atoms in total. The summed E-state index contributed by atoms with van der Waals surface area (Å²) in [7, 11) is -3.19. The number of urea groups is 1. The van der Waals surface area contributed by atoms with Gasteiger partial charge in [0.15, 0.2) is 0 Å². The molecule has 164 valence electrons. The number of hydrogen-bond acceptors (Lipinski definition) is 4. The molecule has 0 unspecified atom stereocenters. The molecule has 1 saturated carbocycles. The maximum absolute atomic E-state index is 12.6. The number of rotatable bonds is 2. The molecule has 0 atom stereocenters. The topological polar surface area (TPSA) is 82.6 Å². The summed E-state index contributed by atoms with van der Waals surface area (Å²) in [6.07, 6.45) is 0.0583. The lowest BCUT2D eigenvalue weighted by Gasteiger charge is -2.61. The molecule has 4 heterocycles. The Morgan fingerprint density at radius 1 is 1.17 bits per heavy atom. The molecule has 0 radical (unpaired) electrons. The highest BCUT2D eigenvalue weighted by atomic mass is 32.2. The van der Waals surface area contributed by atoms with Gasteiger partial charge in [0.05, 0.1) is 11.3 Å². The highest BCUT2D eigenvalue weighted by Gasteiger charge is 2.57. The fourth-order valence-electron chi connectivity index (χ4n) is 5.52. The summed E-state index contributed by atoms with van der Waals surface area (Å²) in [6.45, 7) is 2.25. The summed E-state index contributed by atoms with van der Waals surface area (Å²) < 4.78 is 63.6. The molecule has 2 amide bonds. The molecule has 2 spiro atoms. The number of sulfonamides is 1. The number of carbonyl (C=O) groups excluding carboxylic acids is 1. The maximum atomic E-state index is 12.6. The van der Waals surface area contributed by atoms with Crippen LogP contribution in [-0.4, -0.2) is 66.7 Å². The van der Waals surface area contributed by atoms with Crippen LogP contribution in [-0.2, 0) is 22.6 Å². The molecule has 1 N–H and O–H groups in total. The van der Waals surface area contributed by atoms with Gasteiger partial charge in [-0.1, -0.05) is 6.07 Å². The second kappa shape index (κ2) is 6.32. The molecule has 4 aliphatic rings. The van der Waals surface area contributed by atoms with Crippen molar-refractivity contribution in [2.75, 3.05) is 31.9 Å². The van der Waals surface area contributed by atoms with Gasteiger partial charge in [0.1, 0.15) is 5.69 Å². The van der Waals surface area contributed by atoms with Crippen molar-refractivity contribution in [2.45, 2.75) is 37.4 Å².